The summed E-state index contributed by atoms with van der Waals surface area (Å²) in [6.45, 7) is 2.89. The quantitative estimate of drug-likeness (QED) is 0.938. The summed E-state index contributed by atoms with van der Waals surface area (Å²) in [5.74, 6) is 0.813. The second-order valence-electron chi connectivity index (χ2n) is 2.97. The van der Waals surface area contributed by atoms with Crippen LogP contribution in [0.15, 0.2) is 27.4 Å². The highest BCUT2D eigenvalue weighted by Gasteiger charge is 2.05. The summed E-state index contributed by atoms with van der Waals surface area (Å²) in [5.41, 5.74) is 1.99. The van der Waals surface area contributed by atoms with Crippen LogP contribution in [0.2, 0.25) is 0 Å². The third-order valence-corrected chi connectivity index (χ3v) is 3.62. The van der Waals surface area contributed by atoms with Crippen molar-refractivity contribution < 1.29 is 0 Å². The molecule has 0 aromatic carbocycles. The Labute approximate surface area is 101 Å². The Kier molecular flexibility index (Phi) is 3.33. The molecule has 0 amide bonds. The Balaban J connectivity index is 2.28. The highest BCUT2D eigenvalue weighted by molar-refractivity contribution is 9.10. The summed E-state index contributed by atoms with van der Waals surface area (Å²) in [7, 11) is 0. The second kappa shape index (κ2) is 4.72. The zero-order chi connectivity index (χ0) is 10.7. The van der Waals surface area contributed by atoms with Crippen LogP contribution in [0.1, 0.15) is 6.92 Å². The fourth-order valence-corrected chi connectivity index (χ4v) is 2.71. The lowest BCUT2D eigenvalue weighted by molar-refractivity contribution is 1.02. The molecule has 2 rings (SSSR count). The number of hydrogen-bond acceptors (Lipinski definition) is 4. The molecular formula is C10H10BrN3S. The number of aromatic nitrogens is 2. The second-order valence-corrected chi connectivity index (χ2v) is 4.57. The van der Waals surface area contributed by atoms with Crippen LogP contribution in [-0.2, 0) is 0 Å². The van der Waals surface area contributed by atoms with Crippen LogP contribution in [0.4, 0.5) is 5.82 Å². The Hall–Kier alpha value is -0.940. The first-order valence-electron chi connectivity index (χ1n) is 4.61. The van der Waals surface area contributed by atoms with Crippen LogP contribution in [0.3, 0.4) is 0 Å². The van der Waals surface area contributed by atoms with Crippen molar-refractivity contribution in [3.05, 3.63) is 27.4 Å². The largest absolute Gasteiger partial charge is 0.369 e. The molecule has 2 aromatic rings. The van der Waals surface area contributed by atoms with E-state index in [9.17, 15) is 0 Å². The normalized spacial score (nSPS) is 10.3. The van der Waals surface area contributed by atoms with Gasteiger partial charge in [-0.15, -0.1) is 10.2 Å². The molecule has 0 saturated carbocycles. The van der Waals surface area contributed by atoms with Crippen molar-refractivity contribution >= 4 is 33.1 Å². The first kappa shape index (κ1) is 10.6. The predicted octanol–water partition coefficient (Wildman–Crippen LogP) is 3.40. The standard InChI is InChI=1S/C10H10BrN3S/c1-2-12-10-4-3-9(13-14-10)7-5-15-6-8(7)11/h3-6H,2H2,1H3,(H,12,14). The number of rotatable bonds is 3. The summed E-state index contributed by atoms with van der Waals surface area (Å²) in [6.07, 6.45) is 0. The number of nitrogens with zero attached hydrogens (tertiary/aromatic N) is 2. The van der Waals surface area contributed by atoms with Crippen molar-refractivity contribution in [1.29, 1.82) is 0 Å². The van der Waals surface area contributed by atoms with Crippen LogP contribution in [-0.4, -0.2) is 16.7 Å². The van der Waals surface area contributed by atoms with E-state index in [-0.39, 0.29) is 0 Å². The molecule has 0 fully saturated rings. The molecule has 0 unspecified atom stereocenters. The van der Waals surface area contributed by atoms with E-state index in [0.29, 0.717) is 0 Å². The zero-order valence-electron chi connectivity index (χ0n) is 8.20. The zero-order valence-corrected chi connectivity index (χ0v) is 10.6. The van der Waals surface area contributed by atoms with Gasteiger partial charge >= 0.3 is 0 Å². The van der Waals surface area contributed by atoms with E-state index in [0.717, 1.165) is 28.1 Å². The van der Waals surface area contributed by atoms with Gasteiger partial charge in [-0.3, -0.25) is 0 Å². The molecule has 78 valence electrons. The van der Waals surface area contributed by atoms with Gasteiger partial charge < -0.3 is 5.32 Å². The van der Waals surface area contributed by atoms with Crippen molar-refractivity contribution in [2.24, 2.45) is 0 Å². The fraction of sp³-hybridized carbons (Fsp3) is 0.200. The lowest BCUT2D eigenvalue weighted by Gasteiger charge is -2.01. The van der Waals surface area contributed by atoms with Crippen LogP contribution in [0.25, 0.3) is 11.3 Å². The summed E-state index contributed by atoms with van der Waals surface area (Å²) in [5, 5.41) is 15.5. The molecule has 0 aliphatic rings. The lowest BCUT2D eigenvalue weighted by Crippen LogP contribution is -2.00. The number of halogens is 1. The maximum atomic E-state index is 4.16. The third-order valence-electron chi connectivity index (χ3n) is 1.91. The maximum Gasteiger partial charge on any atom is 0.148 e. The molecular weight excluding hydrogens is 274 g/mol. The summed E-state index contributed by atoms with van der Waals surface area (Å²) in [6, 6.07) is 3.91. The van der Waals surface area contributed by atoms with E-state index in [2.05, 4.69) is 36.8 Å². The minimum Gasteiger partial charge on any atom is -0.369 e. The molecule has 2 aromatic heterocycles. The Morgan fingerprint density at radius 3 is 2.73 bits per heavy atom. The number of hydrogen-bond donors (Lipinski definition) is 1. The molecule has 0 bridgehead atoms. The van der Waals surface area contributed by atoms with E-state index >= 15 is 0 Å². The molecule has 1 N–H and O–H groups in total. The monoisotopic (exact) mass is 283 g/mol. The molecule has 0 spiro atoms. The molecule has 15 heavy (non-hydrogen) atoms. The lowest BCUT2D eigenvalue weighted by atomic mass is 10.2. The van der Waals surface area contributed by atoms with Gasteiger partial charge in [-0.2, -0.15) is 11.3 Å². The average Bonchev–Trinajstić information content (AvgIpc) is 2.66. The Morgan fingerprint density at radius 2 is 2.20 bits per heavy atom. The molecule has 0 aliphatic heterocycles. The van der Waals surface area contributed by atoms with Crippen LogP contribution in [0, 0.1) is 0 Å². The fourth-order valence-electron chi connectivity index (χ4n) is 1.22. The van der Waals surface area contributed by atoms with Gasteiger partial charge in [0.1, 0.15) is 5.82 Å². The van der Waals surface area contributed by atoms with Gasteiger partial charge in [-0.05, 0) is 35.0 Å². The minimum atomic E-state index is 0.813. The van der Waals surface area contributed by atoms with Gasteiger partial charge in [0.15, 0.2) is 0 Å². The summed E-state index contributed by atoms with van der Waals surface area (Å²) >= 11 is 5.12. The van der Waals surface area contributed by atoms with Crippen LogP contribution >= 0.6 is 27.3 Å². The smallest absolute Gasteiger partial charge is 0.148 e. The van der Waals surface area contributed by atoms with Gasteiger partial charge in [-0.25, -0.2) is 0 Å². The van der Waals surface area contributed by atoms with Crippen LogP contribution < -0.4 is 5.32 Å². The third kappa shape index (κ3) is 2.35. The Bertz CT molecular complexity index is 438. The molecule has 0 saturated heterocycles. The predicted molar refractivity (Wildman–Crippen MR) is 67.2 cm³/mol. The highest BCUT2D eigenvalue weighted by Crippen LogP contribution is 2.30. The van der Waals surface area contributed by atoms with Crippen molar-refractivity contribution in [3.8, 4) is 11.3 Å². The molecule has 2 heterocycles. The minimum absolute atomic E-state index is 0.813. The van der Waals surface area contributed by atoms with E-state index < -0.39 is 0 Å². The van der Waals surface area contributed by atoms with Crippen molar-refractivity contribution in [2.75, 3.05) is 11.9 Å². The van der Waals surface area contributed by atoms with Crippen molar-refractivity contribution in [2.45, 2.75) is 6.92 Å². The van der Waals surface area contributed by atoms with E-state index in [1.54, 1.807) is 11.3 Å². The van der Waals surface area contributed by atoms with E-state index in [1.807, 2.05) is 24.4 Å². The van der Waals surface area contributed by atoms with Gasteiger partial charge in [-0.1, -0.05) is 0 Å². The molecule has 5 heteroatoms. The highest BCUT2D eigenvalue weighted by atomic mass is 79.9. The molecule has 0 atom stereocenters. The first-order chi connectivity index (χ1) is 7.31. The first-order valence-corrected chi connectivity index (χ1v) is 6.34. The molecule has 0 aliphatic carbocycles. The molecule has 0 radical (unpaired) electrons. The van der Waals surface area contributed by atoms with Gasteiger partial charge in [0.05, 0.1) is 5.69 Å². The van der Waals surface area contributed by atoms with E-state index in [4.69, 9.17) is 0 Å². The van der Waals surface area contributed by atoms with E-state index in [1.165, 1.54) is 0 Å². The van der Waals surface area contributed by atoms with Crippen LogP contribution in [0.5, 0.6) is 0 Å². The number of thiophene rings is 1. The molecule has 3 nitrogen and oxygen atoms in total. The number of anilines is 1. The maximum absolute atomic E-state index is 4.16. The van der Waals surface area contributed by atoms with Gasteiger partial charge in [0, 0.05) is 27.3 Å². The number of nitrogens with one attached hydrogen (secondary N) is 1. The summed E-state index contributed by atoms with van der Waals surface area (Å²) in [4.78, 5) is 0. The average molecular weight is 284 g/mol. The SMILES string of the molecule is CCNc1ccc(-c2cscc2Br)nn1. The van der Waals surface area contributed by atoms with Crippen molar-refractivity contribution in [1.82, 2.24) is 10.2 Å². The van der Waals surface area contributed by atoms with Gasteiger partial charge in [0.25, 0.3) is 0 Å². The Morgan fingerprint density at radius 1 is 1.33 bits per heavy atom. The topological polar surface area (TPSA) is 37.8 Å². The van der Waals surface area contributed by atoms with Crippen molar-refractivity contribution in [3.63, 3.8) is 0 Å². The summed E-state index contributed by atoms with van der Waals surface area (Å²) < 4.78 is 1.07. The van der Waals surface area contributed by atoms with Gasteiger partial charge in [0.2, 0.25) is 0 Å².